The number of amides is 3. The molecule has 1 heterocycles. The van der Waals surface area contributed by atoms with Crippen LogP contribution in [0.4, 0.5) is 11.4 Å². The maximum absolute atomic E-state index is 14.8. The Morgan fingerprint density at radius 2 is 1.46 bits per heavy atom. The molecule has 236 valence electrons. The molecule has 0 aromatic heterocycles. The first kappa shape index (κ1) is 32.4. The van der Waals surface area contributed by atoms with Crippen molar-refractivity contribution < 1.29 is 19.2 Å². The maximum Gasteiger partial charge on any atom is 0.258 e. The normalized spacial score (nSPS) is 15.3. The monoisotopic (exact) mass is 615 g/mol. The largest absolute Gasteiger partial charge is 0.369 e. The van der Waals surface area contributed by atoms with Gasteiger partial charge in [0, 0.05) is 34.2 Å². The zero-order valence-corrected chi connectivity index (χ0v) is 26.6. The molecule has 1 aliphatic heterocycles. The Bertz CT molecular complexity index is 1730. The van der Waals surface area contributed by atoms with Crippen molar-refractivity contribution in [3.05, 3.63) is 120 Å². The number of benzene rings is 4. The van der Waals surface area contributed by atoms with E-state index < -0.39 is 23.8 Å². The lowest BCUT2D eigenvalue weighted by Crippen LogP contribution is -2.46. The minimum Gasteiger partial charge on any atom is -0.369 e. The fraction of sp³-hybridized carbons (Fsp3) is 0.282. The molecule has 0 spiro atoms. The lowest BCUT2D eigenvalue weighted by atomic mass is 9.81. The minimum absolute atomic E-state index is 0.127. The molecular formula is C39H41N3O4. The summed E-state index contributed by atoms with van der Waals surface area (Å²) < 4.78 is 0. The molecule has 3 amide bonds. The van der Waals surface area contributed by atoms with E-state index in [0.29, 0.717) is 40.9 Å². The molecule has 0 fully saturated rings. The number of carbonyl (C=O) groups is 4. The van der Waals surface area contributed by atoms with Crippen molar-refractivity contribution in [2.45, 2.75) is 52.5 Å². The van der Waals surface area contributed by atoms with Gasteiger partial charge in [0.25, 0.3) is 5.91 Å². The summed E-state index contributed by atoms with van der Waals surface area (Å²) in [6.45, 7) is 6.05. The number of fused-ring (bicyclic) bond motifs is 3. The Balaban J connectivity index is 1.60. The smallest absolute Gasteiger partial charge is 0.258 e. The van der Waals surface area contributed by atoms with Crippen molar-refractivity contribution >= 4 is 34.9 Å². The lowest BCUT2D eigenvalue weighted by molar-refractivity contribution is -0.136. The zero-order chi connectivity index (χ0) is 32.8. The Morgan fingerprint density at radius 3 is 2.15 bits per heavy atom. The van der Waals surface area contributed by atoms with Crippen LogP contribution in [0.3, 0.4) is 0 Å². The number of unbranched alkanes of at least 4 members (excludes halogenated alkanes) is 1. The van der Waals surface area contributed by atoms with Crippen molar-refractivity contribution in [3.8, 4) is 11.1 Å². The number of nitrogens with zero attached hydrogens (tertiary/aromatic N) is 1. The van der Waals surface area contributed by atoms with Gasteiger partial charge in [-0.2, -0.15) is 0 Å². The van der Waals surface area contributed by atoms with E-state index in [1.54, 1.807) is 41.3 Å². The number of hydrogen-bond donors (Lipinski definition) is 2. The fourth-order valence-electron chi connectivity index (χ4n) is 6.40. The number of ketones is 1. The molecule has 7 heteroatoms. The summed E-state index contributed by atoms with van der Waals surface area (Å²) in [6, 6.07) is 30.1. The average Bonchev–Trinajstić information content (AvgIpc) is 3.16. The van der Waals surface area contributed by atoms with E-state index in [2.05, 4.69) is 5.32 Å². The van der Waals surface area contributed by atoms with Gasteiger partial charge in [0.15, 0.2) is 5.78 Å². The number of nitrogens with one attached hydrogen (secondary N) is 1. The first-order valence-corrected chi connectivity index (χ1v) is 16.0. The summed E-state index contributed by atoms with van der Waals surface area (Å²) in [5, 5.41) is 3.08. The molecule has 0 aliphatic carbocycles. The minimum atomic E-state index is -1.06. The second-order valence-electron chi connectivity index (χ2n) is 12.4. The van der Waals surface area contributed by atoms with E-state index in [9.17, 15) is 19.2 Å². The summed E-state index contributed by atoms with van der Waals surface area (Å²) in [7, 11) is 0. The SMILES string of the molecule is CCCC[C@H](C(N)=O)[C@@H](CC(C)C)C(=O)NC1C(=O)N(c2cccc(C(=O)c3ccccc3)c2)c2ccccc2-c2ccccc21. The molecule has 4 aromatic rings. The van der Waals surface area contributed by atoms with E-state index in [0.717, 1.165) is 24.0 Å². The van der Waals surface area contributed by atoms with Crippen molar-refractivity contribution in [2.24, 2.45) is 23.5 Å². The Labute approximate surface area is 270 Å². The molecular weight excluding hydrogens is 574 g/mol. The number of para-hydroxylation sites is 1. The predicted octanol–water partition coefficient (Wildman–Crippen LogP) is 7.37. The zero-order valence-electron chi connectivity index (χ0n) is 26.6. The molecule has 1 aliphatic rings. The number of anilines is 2. The van der Waals surface area contributed by atoms with Crippen molar-refractivity contribution in [1.29, 1.82) is 0 Å². The predicted molar refractivity (Wildman–Crippen MR) is 181 cm³/mol. The molecule has 0 radical (unpaired) electrons. The van der Waals surface area contributed by atoms with Crippen molar-refractivity contribution in [2.75, 3.05) is 4.90 Å². The highest BCUT2D eigenvalue weighted by Gasteiger charge is 2.39. The average molecular weight is 616 g/mol. The highest BCUT2D eigenvalue weighted by Crippen LogP contribution is 2.43. The summed E-state index contributed by atoms with van der Waals surface area (Å²) in [6.07, 6.45) is 2.60. The standard InChI is InChI=1S/C39H41N3O4/c1-4-5-18-32(37(40)44)33(23-25(2)3)38(45)41-35-31-21-10-9-19-29(31)30-20-11-12-22-34(30)42(39(35)46)28-17-13-16-27(24-28)36(43)26-14-7-6-8-15-26/h6-17,19-22,24-25,32-33,35H,4-5,18,23H2,1-3H3,(H2,40,44)(H,41,45)/t32-,33+,35?/m0/s1. The van der Waals surface area contributed by atoms with Gasteiger partial charge in [0.2, 0.25) is 11.8 Å². The van der Waals surface area contributed by atoms with Crippen LogP contribution in [0.25, 0.3) is 11.1 Å². The summed E-state index contributed by atoms with van der Waals surface area (Å²) >= 11 is 0. The number of rotatable bonds is 12. The molecule has 5 rings (SSSR count). The van der Waals surface area contributed by atoms with Crippen LogP contribution in [0.2, 0.25) is 0 Å². The highest BCUT2D eigenvalue weighted by atomic mass is 16.2. The van der Waals surface area contributed by atoms with Gasteiger partial charge in [-0.3, -0.25) is 24.1 Å². The summed E-state index contributed by atoms with van der Waals surface area (Å²) in [5.41, 5.74) is 10.3. The Kier molecular flexibility index (Phi) is 10.1. The quantitative estimate of drug-likeness (QED) is 0.162. The van der Waals surface area contributed by atoms with Gasteiger partial charge < -0.3 is 11.1 Å². The second-order valence-corrected chi connectivity index (χ2v) is 12.4. The third kappa shape index (κ3) is 6.79. The highest BCUT2D eigenvalue weighted by molar-refractivity contribution is 6.13. The molecule has 3 N–H and O–H groups in total. The fourth-order valence-corrected chi connectivity index (χ4v) is 6.40. The van der Waals surface area contributed by atoms with Crippen LogP contribution in [0.5, 0.6) is 0 Å². The first-order valence-electron chi connectivity index (χ1n) is 16.0. The summed E-state index contributed by atoms with van der Waals surface area (Å²) in [4.78, 5) is 56.7. The lowest BCUT2D eigenvalue weighted by Gasteiger charge is -2.30. The number of hydrogen-bond acceptors (Lipinski definition) is 4. The maximum atomic E-state index is 14.8. The number of primary amides is 1. The second kappa shape index (κ2) is 14.4. The molecule has 0 bridgehead atoms. The third-order valence-electron chi connectivity index (χ3n) is 8.65. The van der Waals surface area contributed by atoms with Crippen LogP contribution >= 0.6 is 0 Å². The number of carbonyl (C=O) groups excluding carboxylic acids is 4. The van der Waals surface area contributed by atoms with Gasteiger partial charge >= 0.3 is 0 Å². The Morgan fingerprint density at radius 1 is 0.804 bits per heavy atom. The molecule has 46 heavy (non-hydrogen) atoms. The summed E-state index contributed by atoms with van der Waals surface area (Å²) in [5.74, 6) is -2.62. The topological polar surface area (TPSA) is 110 Å². The molecule has 0 saturated carbocycles. The molecule has 0 saturated heterocycles. The van der Waals surface area contributed by atoms with Crippen LogP contribution in [0, 0.1) is 17.8 Å². The van der Waals surface area contributed by atoms with Crippen LogP contribution in [0.15, 0.2) is 103 Å². The van der Waals surface area contributed by atoms with Gasteiger partial charge in [-0.25, -0.2) is 0 Å². The van der Waals surface area contributed by atoms with E-state index in [1.165, 1.54) is 0 Å². The molecule has 3 atom stereocenters. The van der Waals surface area contributed by atoms with E-state index >= 15 is 0 Å². The molecule has 4 aromatic carbocycles. The number of nitrogens with two attached hydrogens (primary N) is 1. The van der Waals surface area contributed by atoms with E-state index in [4.69, 9.17) is 5.73 Å². The van der Waals surface area contributed by atoms with Gasteiger partial charge in [-0.1, -0.05) is 119 Å². The van der Waals surface area contributed by atoms with E-state index in [-0.39, 0.29) is 23.5 Å². The van der Waals surface area contributed by atoms with Crippen LogP contribution in [0.1, 0.15) is 74.0 Å². The van der Waals surface area contributed by atoms with Crippen LogP contribution in [-0.4, -0.2) is 23.5 Å². The molecule has 1 unspecified atom stereocenters. The van der Waals surface area contributed by atoms with Gasteiger partial charge in [0.05, 0.1) is 5.69 Å². The third-order valence-corrected chi connectivity index (χ3v) is 8.65. The Hall–Kier alpha value is -5.04. The van der Waals surface area contributed by atoms with Gasteiger partial charge in [-0.15, -0.1) is 0 Å². The van der Waals surface area contributed by atoms with E-state index in [1.807, 2.05) is 87.5 Å². The van der Waals surface area contributed by atoms with Crippen LogP contribution < -0.4 is 16.0 Å². The first-order chi connectivity index (χ1) is 22.2. The van der Waals surface area contributed by atoms with Crippen molar-refractivity contribution in [3.63, 3.8) is 0 Å². The molecule has 7 nitrogen and oxygen atoms in total. The van der Waals surface area contributed by atoms with Gasteiger partial charge in [0.1, 0.15) is 6.04 Å². The van der Waals surface area contributed by atoms with Gasteiger partial charge in [-0.05, 0) is 48.1 Å². The van der Waals surface area contributed by atoms with Crippen molar-refractivity contribution in [1.82, 2.24) is 5.32 Å². The van der Waals surface area contributed by atoms with Crippen LogP contribution in [-0.2, 0) is 14.4 Å².